The van der Waals surface area contributed by atoms with Gasteiger partial charge in [-0.2, -0.15) is 13.7 Å². The van der Waals surface area contributed by atoms with Crippen molar-refractivity contribution in [2.24, 2.45) is 0 Å². The Labute approximate surface area is 142 Å². The number of allylic oxidation sites excluding steroid dienone is 3. The van der Waals surface area contributed by atoms with Gasteiger partial charge in [0.05, 0.1) is 11.3 Å². The highest BCUT2D eigenvalue weighted by Gasteiger charge is 2.21. The molecule has 122 valence electrons. The molecule has 0 amide bonds. The SMILES string of the molecule is CCCS(=O)(=O)OC=C1CCC(=C(C#N)c2ccccc2C)S1. The maximum Gasteiger partial charge on any atom is 0.308 e. The third kappa shape index (κ3) is 4.63. The first-order valence-corrected chi connectivity index (χ1v) is 9.83. The van der Waals surface area contributed by atoms with E-state index < -0.39 is 10.1 Å². The number of aryl methyl sites for hydroxylation is 1. The van der Waals surface area contributed by atoms with Gasteiger partial charge in [-0.25, -0.2) is 0 Å². The normalized spacial score (nSPS) is 18.7. The molecule has 0 unspecified atom stereocenters. The van der Waals surface area contributed by atoms with E-state index in [0.717, 1.165) is 27.4 Å². The molecule has 1 saturated heterocycles. The highest BCUT2D eigenvalue weighted by atomic mass is 32.2. The number of thioether (sulfide) groups is 1. The van der Waals surface area contributed by atoms with Gasteiger partial charge in [0.2, 0.25) is 0 Å². The van der Waals surface area contributed by atoms with Gasteiger partial charge in [0, 0.05) is 9.81 Å². The summed E-state index contributed by atoms with van der Waals surface area (Å²) in [5.41, 5.74) is 2.64. The van der Waals surface area contributed by atoms with Gasteiger partial charge in [0.1, 0.15) is 12.3 Å². The van der Waals surface area contributed by atoms with Crippen LogP contribution in [0.3, 0.4) is 0 Å². The quantitative estimate of drug-likeness (QED) is 0.449. The predicted molar refractivity (Wildman–Crippen MR) is 93.8 cm³/mol. The lowest BCUT2D eigenvalue weighted by molar-refractivity contribution is 0.440. The van der Waals surface area contributed by atoms with Gasteiger partial charge in [-0.05, 0) is 37.3 Å². The van der Waals surface area contributed by atoms with E-state index in [1.165, 1.54) is 18.0 Å². The maximum atomic E-state index is 11.6. The van der Waals surface area contributed by atoms with Crippen molar-refractivity contribution < 1.29 is 12.6 Å². The molecule has 1 aromatic rings. The van der Waals surface area contributed by atoms with Crippen LogP contribution < -0.4 is 0 Å². The van der Waals surface area contributed by atoms with Crippen LogP contribution in [0.2, 0.25) is 0 Å². The van der Waals surface area contributed by atoms with Crippen LogP contribution in [0.15, 0.2) is 40.3 Å². The van der Waals surface area contributed by atoms with Gasteiger partial charge < -0.3 is 4.18 Å². The van der Waals surface area contributed by atoms with Gasteiger partial charge in [-0.15, -0.1) is 0 Å². The van der Waals surface area contributed by atoms with Crippen LogP contribution in [0.25, 0.3) is 5.57 Å². The maximum absolute atomic E-state index is 11.6. The smallest absolute Gasteiger partial charge is 0.308 e. The monoisotopic (exact) mass is 349 g/mol. The van der Waals surface area contributed by atoms with E-state index in [4.69, 9.17) is 4.18 Å². The average molecular weight is 349 g/mol. The minimum atomic E-state index is -3.49. The molecule has 0 N–H and O–H groups in total. The fraction of sp³-hybridized carbons (Fsp3) is 0.353. The van der Waals surface area contributed by atoms with Crippen molar-refractivity contribution in [3.63, 3.8) is 0 Å². The average Bonchev–Trinajstić information content (AvgIpc) is 2.97. The van der Waals surface area contributed by atoms with Gasteiger partial charge >= 0.3 is 10.1 Å². The Morgan fingerprint density at radius 1 is 1.39 bits per heavy atom. The molecule has 4 nitrogen and oxygen atoms in total. The van der Waals surface area contributed by atoms with Crippen molar-refractivity contribution in [1.29, 1.82) is 5.26 Å². The largest absolute Gasteiger partial charge is 0.390 e. The summed E-state index contributed by atoms with van der Waals surface area (Å²) in [5, 5.41) is 9.51. The lowest BCUT2D eigenvalue weighted by Gasteiger charge is -2.06. The molecule has 6 heteroatoms. The van der Waals surface area contributed by atoms with Gasteiger partial charge in [0.25, 0.3) is 0 Å². The molecular weight excluding hydrogens is 330 g/mol. The zero-order valence-corrected chi connectivity index (χ0v) is 14.8. The summed E-state index contributed by atoms with van der Waals surface area (Å²) in [5.74, 6) is 0.0107. The topological polar surface area (TPSA) is 67.2 Å². The number of nitrogens with zero attached hydrogens (tertiary/aromatic N) is 1. The molecule has 1 aliphatic heterocycles. The number of benzene rings is 1. The summed E-state index contributed by atoms with van der Waals surface area (Å²) in [4.78, 5) is 1.80. The second-order valence-electron chi connectivity index (χ2n) is 5.27. The molecule has 2 rings (SSSR count). The first-order chi connectivity index (χ1) is 11.0. The molecule has 1 fully saturated rings. The van der Waals surface area contributed by atoms with Crippen molar-refractivity contribution >= 4 is 27.5 Å². The number of rotatable bonds is 5. The lowest BCUT2D eigenvalue weighted by atomic mass is 10.0. The molecular formula is C17H19NO3S2. The molecule has 0 atom stereocenters. The summed E-state index contributed by atoms with van der Waals surface area (Å²) in [6.45, 7) is 3.77. The Balaban J connectivity index is 2.21. The molecule has 23 heavy (non-hydrogen) atoms. The summed E-state index contributed by atoms with van der Waals surface area (Å²) in [6, 6.07) is 10.1. The molecule has 0 aliphatic carbocycles. The standard InChI is InChI=1S/C17H19NO3S2/c1-3-10-23(19,20)21-12-14-8-9-17(22-14)16(11-18)15-7-5-4-6-13(15)2/h4-7,12H,3,8-10H2,1-2H3. The van der Waals surface area contributed by atoms with Gasteiger partial charge in [0.15, 0.2) is 0 Å². The highest BCUT2D eigenvalue weighted by Crippen LogP contribution is 2.44. The third-order valence-corrected chi connectivity index (χ3v) is 5.95. The van der Waals surface area contributed by atoms with Crippen LogP contribution in [-0.4, -0.2) is 14.2 Å². The molecule has 1 aromatic carbocycles. The highest BCUT2D eigenvalue weighted by molar-refractivity contribution is 8.07. The Bertz CT molecular complexity index is 786. The lowest BCUT2D eigenvalue weighted by Crippen LogP contribution is -2.06. The van der Waals surface area contributed by atoms with E-state index in [0.29, 0.717) is 18.4 Å². The molecule has 0 bridgehead atoms. The van der Waals surface area contributed by atoms with Gasteiger partial charge in [-0.1, -0.05) is 43.0 Å². The zero-order valence-electron chi connectivity index (χ0n) is 13.2. The summed E-state index contributed by atoms with van der Waals surface area (Å²) in [7, 11) is -3.49. The van der Waals surface area contributed by atoms with Gasteiger partial charge in [-0.3, -0.25) is 0 Å². The van der Waals surface area contributed by atoms with E-state index in [-0.39, 0.29) is 5.75 Å². The minimum absolute atomic E-state index is 0.0107. The Morgan fingerprint density at radius 3 is 2.78 bits per heavy atom. The van der Waals surface area contributed by atoms with Crippen molar-refractivity contribution in [3.8, 4) is 6.07 Å². The molecule has 0 aromatic heterocycles. The van der Waals surface area contributed by atoms with E-state index in [2.05, 4.69) is 6.07 Å². The van der Waals surface area contributed by atoms with Crippen molar-refractivity contribution in [1.82, 2.24) is 0 Å². The first kappa shape index (κ1) is 17.6. The Hall–Kier alpha value is -1.71. The van der Waals surface area contributed by atoms with Crippen LogP contribution >= 0.6 is 11.8 Å². The second-order valence-corrected chi connectivity index (χ2v) is 8.21. The van der Waals surface area contributed by atoms with E-state index >= 15 is 0 Å². The third-order valence-electron chi connectivity index (χ3n) is 3.44. The fourth-order valence-corrected chi connectivity index (χ4v) is 4.31. The Morgan fingerprint density at radius 2 is 2.13 bits per heavy atom. The van der Waals surface area contributed by atoms with Crippen LogP contribution in [-0.2, 0) is 14.3 Å². The van der Waals surface area contributed by atoms with E-state index in [9.17, 15) is 13.7 Å². The molecule has 0 saturated carbocycles. The summed E-state index contributed by atoms with van der Waals surface area (Å²) in [6.07, 6.45) is 3.26. The number of hydrogen-bond acceptors (Lipinski definition) is 5. The molecule has 0 radical (unpaired) electrons. The summed E-state index contributed by atoms with van der Waals surface area (Å²) < 4.78 is 28.1. The summed E-state index contributed by atoms with van der Waals surface area (Å²) >= 11 is 1.43. The Kier molecular flexibility index (Phi) is 5.91. The molecule has 0 spiro atoms. The minimum Gasteiger partial charge on any atom is -0.390 e. The van der Waals surface area contributed by atoms with Crippen LogP contribution in [0.5, 0.6) is 0 Å². The number of hydrogen-bond donors (Lipinski definition) is 0. The molecule has 1 aliphatic rings. The van der Waals surface area contributed by atoms with Crippen LogP contribution in [0.4, 0.5) is 0 Å². The van der Waals surface area contributed by atoms with Crippen LogP contribution in [0.1, 0.15) is 37.3 Å². The van der Waals surface area contributed by atoms with E-state index in [1.807, 2.05) is 31.2 Å². The predicted octanol–water partition coefficient (Wildman–Crippen LogP) is 4.35. The molecule has 1 heterocycles. The fourth-order valence-electron chi connectivity index (χ4n) is 2.31. The second kappa shape index (κ2) is 7.71. The first-order valence-electron chi connectivity index (χ1n) is 7.44. The number of nitriles is 1. The van der Waals surface area contributed by atoms with E-state index in [1.54, 1.807) is 6.92 Å². The van der Waals surface area contributed by atoms with Crippen molar-refractivity contribution in [2.45, 2.75) is 33.1 Å². The van der Waals surface area contributed by atoms with Crippen LogP contribution in [0, 0.1) is 18.3 Å². The zero-order chi connectivity index (χ0) is 16.9. The van der Waals surface area contributed by atoms with Crippen molar-refractivity contribution in [3.05, 3.63) is 51.5 Å². The van der Waals surface area contributed by atoms with Crippen molar-refractivity contribution in [2.75, 3.05) is 5.75 Å².